The van der Waals surface area contributed by atoms with E-state index in [4.69, 9.17) is 0 Å². The van der Waals surface area contributed by atoms with Crippen LogP contribution in [-0.2, 0) is 22.9 Å². The van der Waals surface area contributed by atoms with Gasteiger partial charge in [-0.1, -0.05) is 80.1 Å². The van der Waals surface area contributed by atoms with Crippen LogP contribution in [0.25, 0.3) is 11.1 Å². The number of piperidine rings is 1. The highest BCUT2D eigenvalue weighted by Crippen LogP contribution is 2.27. The fourth-order valence-corrected chi connectivity index (χ4v) is 5.98. The predicted octanol–water partition coefficient (Wildman–Crippen LogP) is 6.34. The zero-order chi connectivity index (χ0) is 22.4. The Morgan fingerprint density at radius 2 is 1.38 bits per heavy atom. The number of benzene rings is 3. The van der Waals surface area contributed by atoms with E-state index >= 15 is 0 Å². The summed E-state index contributed by atoms with van der Waals surface area (Å²) < 4.78 is 27.8. The Labute approximate surface area is 193 Å². The van der Waals surface area contributed by atoms with Crippen molar-refractivity contribution in [2.45, 2.75) is 50.3 Å². The monoisotopic (exact) mass is 447 g/mol. The average Bonchev–Trinajstić information content (AvgIpc) is 2.84. The van der Waals surface area contributed by atoms with Crippen molar-refractivity contribution in [1.29, 1.82) is 0 Å². The van der Waals surface area contributed by atoms with Gasteiger partial charge in [0.25, 0.3) is 0 Å². The quantitative estimate of drug-likeness (QED) is 0.404. The standard InChI is InChI=1S/C28H33NO2S/c1-2-3-7-23-12-16-28(17-13-23)32(30,31)29-20-18-25(19-21-29)22-24-10-14-27(15-11-24)26-8-5-4-6-9-26/h4-6,8-17,25H,2-3,7,18-22H2,1H3. The van der Waals surface area contributed by atoms with E-state index in [0.29, 0.717) is 23.9 Å². The van der Waals surface area contributed by atoms with Crippen LogP contribution >= 0.6 is 0 Å². The molecule has 4 rings (SSSR count). The Kier molecular flexibility index (Phi) is 7.44. The summed E-state index contributed by atoms with van der Waals surface area (Å²) in [6.45, 7) is 3.38. The van der Waals surface area contributed by atoms with Crippen LogP contribution in [0.3, 0.4) is 0 Å². The lowest BCUT2D eigenvalue weighted by molar-refractivity contribution is 0.273. The molecule has 0 spiro atoms. The number of nitrogens with zero attached hydrogens (tertiary/aromatic N) is 1. The van der Waals surface area contributed by atoms with Gasteiger partial charge >= 0.3 is 0 Å². The molecule has 3 aromatic carbocycles. The molecule has 3 nitrogen and oxygen atoms in total. The number of aryl methyl sites for hydroxylation is 1. The van der Waals surface area contributed by atoms with Crippen molar-refractivity contribution in [3.8, 4) is 11.1 Å². The topological polar surface area (TPSA) is 37.4 Å². The van der Waals surface area contributed by atoms with Gasteiger partial charge in [-0.15, -0.1) is 0 Å². The van der Waals surface area contributed by atoms with Gasteiger partial charge in [0.15, 0.2) is 0 Å². The fourth-order valence-electron chi connectivity index (χ4n) is 4.51. The third kappa shape index (κ3) is 5.48. The smallest absolute Gasteiger partial charge is 0.207 e. The van der Waals surface area contributed by atoms with Crippen molar-refractivity contribution in [2.75, 3.05) is 13.1 Å². The number of unbranched alkanes of at least 4 members (excludes halogenated alkanes) is 1. The lowest BCUT2D eigenvalue weighted by Gasteiger charge is -2.31. The Morgan fingerprint density at radius 1 is 0.781 bits per heavy atom. The first-order chi connectivity index (χ1) is 15.6. The first-order valence-electron chi connectivity index (χ1n) is 11.8. The third-order valence-electron chi connectivity index (χ3n) is 6.54. The van der Waals surface area contributed by atoms with Gasteiger partial charge < -0.3 is 0 Å². The van der Waals surface area contributed by atoms with Crippen LogP contribution in [0.4, 0.5) is 0 Å². The lowest BCUT2D eigenvalue weighted by atomic mass is 9.90. The maximum atomic E-state index is 13.1. The summed E-state index contributed by atoms with van der Waals surface area (Å²) in [5.41, 5.74) is 5.00. The Hall–Kier alpha value is -2.43. The highest BCUT2D eigenvalue weighted by Gasteiger charge is 2.29. The van der Waals surface area contributed by atoms with E-state index in [1.807, 2.05) is 18.2 Å². The van der Waals surface area contributed by atoms with Crippen LogP contribution in [0.2, 0.25) is 0 Å². The molecule has 1 heterocycles. The lowest BCUT2D eigenvalue weighted by Crippen LogP contribution is -2.38. The molecular formula is C28H33NO2S. The molecule has 0 aliphatic carbocycles. The molecule has 4 heteroatoms. The molecule has 0 amide bonds. The minimum absolute atomic E-state index is 0.424. The van der Waals surface area contributed by atoms with Gasteiger partial charge in [-0.05, 0) is 72.4 Å². The Morgan fingerprint density at radius 3 is 2.00 bits per heavy atom. The van der Waals surface area contributed by atoms with Crippen molar-refractivity contribution < 1.29 is 8.42 Å². The molecule has 0 radical (unpaired) electrons. The van der Waals surface area contributed by atoms with E-state index in [1.165, 1.54) is 22.3 Å². The second-order valence-electron chi connectivity index (χ2n) is 8.86. The van der Waals surface area contributed by atoms with Crippen molar-refractivity contribution in [1.82, 2.24) is 4.31 Å². The van der Waals surface area contributed by atoms with Crippen LogP contribution in [-0.4, -0.2) is 25.8 Å². The van der Waals surface area contributed by atoms with Crippen LogP contribution in [0.5, 0.6) is 0 Å². The van der Waals surface area contributed by atoms with Gasteiger partial charge in [0.05, 0.1) is 4.90 Å². The maximum Gasteiger partial charge on any atom is 0.243 e. The predicted molar refractivity (Wildman–Crippen MR) is 132 cm³/mol. The van der Waals surface area contributed by atoms with Crippen molar-refractivity contribution in [3.63, 3.8) is 0 Å². The van der Waals surface area contributed by atoms with Crippen LogP contribution in [0, 0.1) is 5.92 Å². The summed E-state index contributed by atoms with van der Waals surface area (Å²) in [7, 11) is -3.40. The van der Waals surface area contributed by atoms with Crippen molar-refractivity contribution in [2.24, 2.45) is 5.92 Å². The van der Waals surface area contributed by atoms with Gasteiger partial charge in [0.1, 0.15) is 0 Å². The molecule has 32 heavy (non-hydrogen) atoms. The molecule has 0 N–H and O–H groups in total. The molecule has 1 saturated heterocycles. The summed E-state index contributed by atoms with van der Waals surface area (Å²) in [5, 5.41) is 0. The SMILES string of the molecule is CCCCc1ccc(S(=O)(=O)N2CCC(Cc3ccc(-c4ccccc4)cc3)CC2)cc1. The molecule has 3 aromatic rings. The summed E-state index contributed by atoms with van der Waals surface area (Å²) in [6.07, 6.45) is 6.12. The van der Waals surface area contributed by atoms with Crippen LogP contribution in [0.1, 0.15) is 43.7 Å². The van der Waals surface area contributed by atoms with E-state index in [2.05, 4.69) is 55.5 Å². The number of rotatable bonds is 8. The molecule has 0 atom stereocenters. The molecular weight excluding hydrogens is 414 g/mol. The molecule has 168 valence electrons. The molecule has 0 saturated carbocycles. The van der Waals surface area contributed by atoms with Gasteiger partial charge in [0, 0.05) is 13.1 Å². The number of sulfonamides is 1. The van der Waals surface area contributed by atoms with Crippen LogP contribution in [0.15, 0.2) is 83.8 Å². The molecule has 0 aromatic heterocycles. The summed E-state index contributed by atoms with van der Waals surface area (Å²) in [6, 6.07) is 26.7. The van der Waals surface area contributed by atoms with E-state index in [0.717, 1.165) is 38.5 Å². The first kappa shape index (κ1) is 22.8. The van der Waals surface area contributed by atoms with Gasteiger partial charge in [-0.25, -0.2) is 8.42 Å². The summed E-state index contributed by atoms with van der Waals surface area (Å²) in [5.74, 6) is 0.528. The summed E-state index contributed by atoms with van der Waals surface area (Å²) in [4.78, 5) is 0.424. The highest BCUT2D eigenvalue weighted by molar-refractivity contribution is 7.89. The maximum absolute atomic E-state index is 13.1. The molecule has 1 aliphatic heterocycles. The molecule has 0 unspecified atom stereocenters. The van der Waals surface area contributed by atoms with E-state index in [9.17, 15) is 8.42 Å². The number of hydrogen-bond acceptors (Lipinski definition) is 2. The van der Waals surface area contributed by atoms with E-state index in [-0.39, 0.29) is 0 Å². The second kappa shape index (κ2) is 10.5. The van der Waals surface area contributed by atoms with Crippen molar-refractivity contribution in [3.05, 3.63) is 90.0 Å². The minimum atomic E-state index is -3.40. The molecule has 1 aliphatic rings. The zero-order valence-corrected chi connectivity index (χ0v) is 19.7. The Balaban J connectivity index is 1.32. The molecule has 0 bridgehead atoms. The largest absolute Gasteiger partial charge is 0.243 e. The average molecular weight is 448 g/mol. The normalized spacial score (nSPS) is 15.7. The van der Waals surface area contributed by atoms with Crippen LogP contribution < -0.4 is 0 Å². The molecule has 1 fully saturated rings. The summed E-state index contributed by atoms with van der Waals surface area (Å²) >= 11 is 0. The first-order valence-corrected chi connectivity index (χ1v) is 13.2. The van der Waals surface area contributed by atoms with Crippen molar-refractivity contribution >= 4 is 10.0 Å². The van der Waals surface area contributed by atoms with Gasteiger partial charge in [0.2, 0.25) is 10.0 Å². The fraction of sp³-hybridized carbons (Fsp3) is 0.357. The Bertz CT molecular complexity index is 1080. The zero-order valence-electron chi connectivity index (χ0n) is 18.9. The van der Waals surface area contributed by atoms with Gasteiger partial charge in [-0.2, -0.15) is 4.31 Å². The van der Waals surface area contributed by atoms with E-state index in [1.54, 1.807) is 16.4 Å². The highest BCUT2D eigenvalue weighted by atomic mass is 32.2. The third-order valence-corrected chi connectivity index (χ3v) is 8.45. The number of hydrogen-bond donors (Lipinski definition) is 0. The second-order valence-corrected chi connectivity index (χ2v) is 10.8. The van der Waals surface area contributed by atoms with E-state index < -0.39 is 10.0 Å². The van der Waals surface area contributed by atoms with Gasteiger partial charge in [-0.3, -0.25) is 0 Å². The minimum Gasteiger partial charge on any atom is -0.207 e.